The van der Waals surface area contributed by atoms with E-state index in [1.807, 2.05) is 36.4 Å². The molecule has 1 aromatic heterocycles. The molecular formula is C40H40F3N5O3. The number of aromatic nitrogens is 2. The van der Waals surface area contributed by atoms with Crippen molar-refractivity contribution in [1.29, 1.82) is 0 Å². The highest BCUT2D eigenvalue weighted by molar-refractivity contribution is 6.03. The standard InChI is InChI=1S/C40H40F3N5O3/c1-39(2,3)51-38(50)45-25-27-9-7-14-33(21-27)48-34(23-35(47-48)40(41,42)43)37(49)46-32-13-8-12-31(22-32)36(44-24-26-15-16-26)30-19-17-29(18-20-30)28-10-5-4-6-11-28/h4-14,17-23,26,36,44H,15-16,24-25H2,1-3H3,(H,45,50)(H,46,49). The van der Waals surface area contributed by atoms with Crippen LogP contribution >= 0.6 is 0 Å². The van der Waals surface area contributed by atoms with E-state index in [0.29, 0.717) is 17.2 Å². The molecule has 1 heterocycles. The second-order valence-corrected chi connectivity index (χ2v) is 13.7. The van der Waals surface area contributed by atoms with Crippen molar-refractivity contribution in [2.45, 2.75) is 58.0 Å². The zero-order valence-electron chi connectivity index (χ0n) is 28.6. The molecule has 1 atom stereocenters. The molecule has 6 rings (SSSR count). The highest BCUT2D eigenvalue weighted by Gasteiger charge is 2.36. The number of hydrogen-bond acceptors (Lipinski definition) is 5. The molecule has 1 fully saturated rings. The van der Waals surface area contributed by atoms with Crippen LogP contribution in [0.4, 0.5) is 23.7 Å². The van der Waals surface area contributed by atoms with E-state index < -0.39 is 29.5 Å². The van der Waals surface area contributed by atoms with Crippen LogP contribution in [0, 0.1) is 5.92 Å². The Balaban J connectivity index is 1.24. The Bertz CT molecular complexity index is 1980. The summed E-state index contributed by atoms with van der Waals surface area (Å²) in [6.07, 6.45) is -3.06. The molecule has 0 bridgehead atoms. The lowest BCUT2D eigenvalue weighted by molar-refractivity contribution is -0.141. The van der Waals surface area contributed by atoms with Gasteiger partial charge in [0.25, 0.3) is 5.91 Å². The molecule has 51 heavy (non-hydrogen) atoms. The summed E-state index contributed by atoms with van der Waals surface area (Å²) in [6.45, 7) is 6.10. The van der Waals surface area contributed by atoms with E-state index in [1.54, 1.807) is 51.1 Å². The summed E-state index contributed by atoms with van der Waals surface area (Å²) < 4.78 is 47.9. The minimum atomic E-state index is -4.79. The molecule has 11 heteroatoms. The van der Waals surface area contributed by atoms with E-state index in [-0.39, 0.29) is 24.0 Å². The van der Waals surface area contributed by atoms with Gasteiger partial charge in [-0.1, -0.05) is 78.9 Å². The predicted octanol–water partition coefficient (Wildman–Crippen LogP) is 8.92. The largest absolute Gasteiger partial charge is 0.444 e. The van der Waals surface area contributed by atoms with Gasteiger partial charge in [0, 0.05) is 18.3 Å². The first kappa shape index (κ1) is 35.4. The maximum absolute atomic E-state index is 13.9. The number of carbonyl (C=O) groups is 2. The Morgan fingerprint density at radius 3 is 2.24 bits per heavy atom. The van der Waals surface area contributed by atoms with Gasteiger partial charge < -0.3 is 20.7 Å². The number of anilines is 1. The quantitative estimate of drug-likeness (QED) is 0.128. The van der Waals surface area contributed by atoms with Crippen LogP contribution in [0.3, 0.4) is 0 Å². The van der Waals surface area contributed by atoms with Gasteiger partial charge in [0.1, 0.15) is 11.3 Å². The third-order valence-electron chi connectivity index (χ3n) is 8.36. The summed E-state index contributed by atoms with van der Waals surface area (Å²) in [5, 5.41) is 12.9. The Labute approximate surface area is 295 Å². The van der Waals surface area contributed by atoms with Gasteiger partial charge in [0.05, 0.1) is 11.7 Å². The lowest BCUT2D eigenvalue weighted by Crippen LogP contribution is -2.32. The SMILES string of the molecule is CC(C)(C)OC(=O)NCc1cccc(-n2nc(C(F)(F)F)cc2C(=O)Nc2cccc(C(NCC3CC3)c3ccc(-c4ccccc4)cc3)c2)c1. The van der Waals surface area contributed by atoms with Gasteiger partial charge in [0.15, 0.2) is 5.69 Å². The molecule has 0 aliphatic heterocycles. The Morgan fingerprint density at radius 2 is 1.55 bits per heavy atom. The minimum Gasteiger partial charge on any atom is -0.444 e. The summed E-state index contributed by atoms with van der Waals surface area (Å²) in [5.41, 5.74) is 3.18. The Kier molecular flexibility index (Phi) is 10.3. The van der Waals surface area contributed by atoms with Crippen LogP contribution in [0.5, 0.6) is 0 Å². The van der Waals surface area contributed by atoms with E-state index in [4.69, 9.17) is 4.74 Å². The van der Waals surface area contributed by atoms with E-state index in [0.717, 1.165) is 39.5 Å². The maximum atomic E-state index is 13.9. The second-order valence-electron chi connectivity index (χ2n) is 13.7. The minimum absolute atomic E-state index is 0.0510. The first-order valence-electron chi connectivity index (χ1n) is 16.9. The smallest absolute Gasteiger partial charge is 0.435 e. The lowest BCUT2D eigenvalue weighted by atomic mass is 9.95. The number of hydrogen-bond donors (Lipinski definition) is 3. The number of alkyl halides is 3. The normalized spacial score (nSPS) is 13.8. The molecule has 1 aliphatic rings. The molecule has 1 unspecified atom stereocenters. The number of benzene rings is 4. The fourth-order valence-corrected chi connectivity index (χ4v) is 5.69. The van der Waals surface area contributed by atoms with E-state index in [2.05, 4.69) is 57.4 Å². The van der Waals surface area contributed by atoms with Crippen molar-refractivity contribution in [1.82, 2.24) is 20.4 Å². The average Bonchev–Trinajstić information content (AvgIpc) is 3.81. The topological polar surface area (TPSA) is 97.3 Å². The van der Waals surface area contributed by atoms with Crippen molar-refractivity contribution in [2.24, 2.45) is 5.92 Å². The number of carbonyl (C=O) groups excluding carboxylic acids is 2. The predicted molar refractivity (Wildman–Crippen MR) is 190 cm³/mol. The van der Waals surface area contributed by atoms with E-state index >= 15 is 0 Å². The van der Waals surface area contributed by atoms with Crippen molar-refractivity contribution in [3.05, 3.63) is 137 Å². The van der Waals surface area contributed by atoms with Crippen LogP contribution in [0.25, 0.3) is 16.8 Å². The van der Waals surface area contributed by atoms with Crippen molar-refractivity contribution in [2.75, 3.05) is 11.9 Å². The molecule has 4 aromatic carbocycles. The first-order chi connectivity index (χ1) is 24.3. The van der Waals surface area contributed by atoms with Crippen LogP contribution in [0.2, 0.25) is 0 Å². The molecule has 1 aliphatic carbocycles. The third-order valence-corrected chi connectivity index (χ3v) is 8.36. The van der Waals surface area contributed by atoms with Gasteiger partial charge in [-0.15, -0.1) is 0 Å². The lowest BCUT2D eigenvalue weighted by Gasteiger charge is -2.21. The zero-order chi connectivity index (χ0) is 36.2. The number of alkyl carbamates (subject to hydrolysis) is 1. The summed E-state index contributed by atoms with van der Waals surface area (Å²) >= 11 is 0. The van der Waals surface area contributed by atoms with E-state index in [9.17, 15) is 22.8 Å². The van der Waals surface area contributed by atoms with Crippen molar-refractivity contribution in [3.63, 3.8) is 0 Å². The number of nitrogens with one attached hydrogen (secondary N) is 3. The van der Waals surface area contributed by atoms with Gasteiger partial charge in [-0.2, -0.15) is 18.3 Å². The number of halogens is 3. The molecule has 1 saturated carbocycles. The van der Waals surface area contributed by atoms with E-state index in [1.165, 1.54) is 12.8 Å². The van der Waals surface area contributed by atoms with Gasteiger partial charge in [-0.25, -0.2) is 9.48 Å². The monoisotopic (exact) mass is 695 g/mol. The van der Waals surface area contributed by atoms with Crippen LogP contribution in [-0.4, -0.2) is 33.9 Å². The molecule has 0 saturated heterocycles. The summed E-state index contributed by atoms with van der Waals surface area (Å²) in [6, 6.07) is 32.8. The molecule has 5 aromatic rings. The molecule has 0 spiro atoms. The molecular weight excluding hydrogens is 655 g/mol. The molecule has 2 amide bonds. The number of ether oxygens (including phenoxy) is 1. The van der Waals surface area contributed by atoms with Gasteiger partial charge in [0.2, 0.25) is 0 Å². The zero-order valence-corrected chi connectivity index (χ0v) is 28.6. The van der Waals surface area contributed by atoms with Crippen LogP contribution in [-0.2, 0) is 17.5 Å². The second kappa shape index (κ2) is 14.8. The van der Waals surface area contributed by atoms with Gasteiger partial charge in [-0.3, -0.25) is 4.79 Å². The van der Waals surface area contributed by atoms with Crippen molar-refractivity contribution < 1.29 is 27.5 Å². The number of rotatable bonds is 11. The first-order valence-corrected chi connectivity index (χ1v) is 16.9. The fourth-order valence-electron chi connectivity index (χ4n) is 5.69. The molecule has 0 radical (unpaired) electrons. The van der Waals surface area contributed by atoms with Crippen molar-refractivity contribution in [3.8, 4) is 16.8 Å². The molecule has 3 N–H and O–H groups in total. The average molecular weight is 696 g/mol. The number of amides is 2. The van der Waals surface area contributed by atoms with Crippen molar-refractivity contribution >= 4 is 17.7 Å². The highest BCUT2D eigenvalue weighted by Crippen LogP contribution is 2.33. The van der Waals surface area contributed by atoms with Gasteiger partial charge in [-0.05, 0) is 98.2 Å². The summed E-state index contributed by atoms with van der Waals surface area (Å²) in [7, 11) is 0. The highest BCUT2D eigenvalue weighted by atomic mass is 19.4. The molecule has 8 nitrogen and oxygen atoms in total. The number of nitrogens with zero attached hydrogens (tertiary/aromatic N) is 2. The maximum Gasteiger partial charge on any atom is 0.435 e. The Morgan fingerprint density at radius 1 is 0.843 bits per heavy atom. The van der Waals surface area contributed by atoms with Crippen LogP contribution in [0.1, 0.15) is 72.5 Å². The third kappa shape index (κ3) is 9.43. The van der Waals surface area contributed by atoms with Crippen LogP contribution in [0.15, 0.2) is 109 Å². The molecule has 264 valence electrons. The Hall–Kier alpha value is -5.42. The van der Waals surface area contributed by atoms with Gasteiger partial charge >= 0.3 is 12.3 Å². The van der Waals surface area contributed by atoms with Crippen LogP contribution < -0.4 is 16.0 Å². The summed E-state index contributed by atoms with van der Waals surface area (Å²) in [5.74, 6) is -0.143. The fraction of sp³-hybridized carbons (Fsp3) is 0.275. The summed E-state index contributed by atoms with van der Waals surface area (Å²) in [4.78, 5) is 25.9.